The van der Waals surface area contributed by atoms with E-state index < -0.39 is 5.60 Å². The second-order valence-electron chi connectivity index (χ2n) is 5.57. The maximum atomic E-state index is 11.9. The van der Waals surface area contributed by atoms with Crippen LogP contribution < -0.4 is 5.73 Å². The molecule has 2 aliphatic heterocycles. The fourth-order valence-electron chi connectivity index (χ4n) is 2.32. The maximum Gasteiger partial charge on any atom is 0.410 e. The molecule has 2 rings (SSSR count). The van der Waals surface area contributed by atoms with Gasteiger partial charge in [-0.25, -0.2) is 4.79 Å². The molecule has 2 heterocycles. The summed E-state index contributed by atoms with van der Waals surface area (Å²) in [4.78, 5) is 13.7. The minimum atomic E-state index is -0.460. The molecule has 0 aliphatic carbocycles. The summed E-state index contributed by atoms with van der Waals surface area (Å²) in [6.45, 7) is 7.41. The fourth-order valence-corrected chi connectivity index (χ4v) is 2.32. The number of hydrogen-bond donors (Lipinski definition) is 1. The quantitative estimate of drug-likeness (QED) is 0.658. The molecule has 0 saturated carbocycles. The Hall–Kier alpha value is -0.810. The molecular formula is C11H20N2O3. The molecule has 92 valence electrons. The van der Waals surface area contributed by atoms with E-state index in [4.69, 9.17) is 15.2 Å². The topological polar surface area (TPSA) is 64.8 Å². The first-order valence-corrected chi connectivity index (χ1v) is 5.71. The average molecular weight is 228 g/mol. The molecule has 2 saturated heterocycles. The lowest BCUT2D eigenvalue weighted by Gasteiger charge is -2.27. The number of rotatable bonds is 0. The second kappa shape index (κ2) is 3.89. The lowest BCUT2D eigenvalue weighted by atomic mass is 10.0. The van der Waals surface area contributed by atoms with Gasteiger partial charge in [0.1, 0.15) is 5.60 Å². The summed E-state index contributed by atoms with van der Waals surface area (Å²) in [5.41, 5.74) is 5.52. The minimum Gasteiger partial charge on any atom is -0.444 e. The summed E-state index contributed by atoms with van der Waals surface area (Å²) in [7, 11) is 0. The zero-order chi connectivity index (χ0) is 11.9. The Morgan fingerprint density at radius 1 is 1.44 bits per heavy atom. The number of amides is 1. The summed E-state index contributed by atoms with van der Waals surface area (Å²) in [6, 6.07) is 0.116. The van der Waals surface area contributed by atoms with Crippen molar-refractivity contribution in [1.82, 2.24) is 4.90 Å². The number of carbonyl (C=O) groups is 1. The van der Waals surface area contributed by atoms with Crippen LogP contribution in [0.15, 0.2) is 0 Å². The molecule has 0 aromatic rings. The highest BCUT2D eigenvalue weighted by Crippen LogP contribution is 2.30. The Morgan fingerprint density at radius 2 is 2.12 bits per heavy atom. The van der Waals surface area contributed by atoms with Gasteiger partial charge in [0.2, 0.25) is 0 Å². The Morgan fingerprint density at radius 3 is 2.75 bits per heavy atom. The molecule has 0 unspecified atom stereocenters. The Labute approximate surface area is 95.9 Å². The predicted molar refractivity (Wildman–Crippen MR) is 59.0 cm³/mol. The first-order valence-electron chi connectivity index (χ1n) is 5.71. The summed E-state index contributed by atoms with van der Waals surface area (Å²) in [5, 5.41) is 0. The van der Waals surface area contributed by atoms with Crippen LogP contribution in [0.2, 0.25) is 0 Å². The van der Waals surface area contributed by atoms with Gasteiger partial charge in [-0.2, -0.15) is 0 Å². The van der Waals surface area contributed by atoms with Gasteiger partial charge in [0, 0.05) is 18.5 Å². The van der Waals surface area contributed by atoms with Gasteiger partial charge < -0.3 is 20.1 Å². The summed E-state index contributed by atoms with van der Waals surface area (Å²) in [5.74, 6) is 0.271. The van der Waals surface area contributed by atoms with Gasteiger partial charge in [0.15, 0.2) is 0 Å². The highest BCUT2D eigenvalue weighted by atomic mass is 16.6. The third kappa shape index (κ3) is 2.15. The van der Waals surface area contributed by atoms with Crippen LogP contribution in [0.4, 0.5) is 4.79 Å². The van der Waals surface area contributed by atoms with E-state index >= 15 is 0 Å². The van der Waals surface area contributed by atoms with Crippen molar-refractivity contribution in [2.45, 2.75) is 38.5 Å². The number of hydrogen-bond acceptors (Lipinski definition) is 4. The van der Waals surface area contributed by atoms with Crippen molar-refractivity contribution in [1.29, 1.82) is 0 Å². The first kappa shape index (κ1) is 11.7. The smallest absolute Gasteiger partial charge is 0.410 e. The van der Waals surface area contributed by atoms with Gasteiger partial charge in [-0.1, -0.05) is 0 Å². The van der Waals surface area contributed by atoms with Gasteiger partial charge in [0.05, 0.1) is 19.3 Å². The standard InChI is InChI=1S/C11H20N2O3/c1-11(2,3)16-10(14)13-4-8(12)7-5-15-6-9(7)13/h7-9H,4-6,12H2,1-3H3/t7-,8-,9-/m0/s1. The van der Waals surface area contributed by atoms with Crippen molar-refractivity contribution in [3.05, 3.63) is 0 Å². The van der Waals surface area contributed by atoms with E-state index in [0.29, 0.717) is 19.8 Å². The van der Waals surface area contributed by atoms with Crippen molar-refractivity contribution in [3.63, 3.8) is 0 Å². The molecule has 0 aromatic carbocycles. The van der Waals surface area contributed by atoms with Crippen molar-refractivity contribution >= 4 is 6.09 Å². The van der Waals surface area contributed by atoms with E-state index in [2.05, 4.69) is 0 Å². The number of nitrogens with zero attached hydrogens (tertiary/aromatic N) is 1. The number of ether oxygens (including phenoxy) is 2. The van der Waals surface area contributed by atoms with E-state index in [0.717, 1.165) is 0 Å². The number of carbonyl (C=O) groups excluding carboxylic acids is 1. The average Bonchev–Trinajstić information content (AvgIpc) is 2.66. The van der Waals surface area contributed by atoms with Crippen LogP contribution in [-0.2, 0) is 9.47 Å². The van der Waals surface area contributed by atoms with Gasteiger partial charge in [-0.05, 0) is 20.8 Å². The zero-order valence-electron chi connectivity index (χ0n) is 10.1. The Balaban J connectivity index is 2.02. The summed E-state index contributed by atoms with van der Waals surface area (Å²) >= 11 is 0. The lowest BCUT2D eigenvalue weighted by Crippen LogP contribution is -2.41. The zero-order valence-corrected chi connectivity index (χ0v) is 10.1. The number of nitrogens with two attached hydrogens (primary N) is 1. The van der Waals surface area contributed by atoms with Crippen LogP contribution in [-0.4, -0.2) is 48.4 Å². The second-order valence-corrected chi connectivity index (χ2v) is 5.57. The number of fused-ring (bicyclic) bond motifs is 1. The maximum absolute atomic E-state index is 11.9. The molecular weight excluding hydrogens is 208 g/mol. The predicted octanol–water partition coefficient (Wildman–Crippen LogP) is 0.579. The van der Waals surface area contributed by atoms with Crippen LogP contribution in [0.1, 0.15) is 20.8 Å². The lowest BCUT2D eigenvalue weighted by molar-refractivity contribution is 0.0193. The molecule has 0 bridgehead atoms. The van der Waals surface area contributed by atoms with E-state index in [9.17, 15) is 4.79 Å². The number of likely N-dealkylation sites (tertiary alicyclic amines) is 1. The monoisotopic (exact) mass is 228 g/mol. The van der Waals surface area contributed by atoms with E-state index in [1.54, 1.807) is 4.90 Å². The molecule has 0 spiro atoms. The molecule has 0 radical (unpaired) electrons. The SMILES string of the molecule is CC(C)(C)OC(=O)N1C[C@H](N)[C@@H]2COC[C@@H]21. The van der Waals surface area contributed by atoms with Crippen LogP contribution in [0.25, 0.3) is 0 Å². The normalized spacial score (nSPS) is 34.0. The van der Waals surface area contributed by atoms with E-state index in [1.165, 1.54) is 0 Å². The van der Waals surface area contributed by atoms with Crippen molar-refractivity contribution in [2.75, 3.05) is 19.8 Å². The van der Waals surface area contributed by atoms with Crippen molar-refractivity contribution in [2.24, 2.45) is 11.7 Å². The molecule has 2 N–H and O–H groups in total. The van der Waals surface area contributed by atoms with Crippen LogP contribution >= 0.6 is 0 Å². The molecule has 16 heavy (non-hydrogen) atoms. The first-order chi connectivity index (χ1) is 7.38. The fraction of sp³-hybridized carbons (Fsp3) is 0.909. The Bertz CT molecular complexity index is 287. The van der Waals surface area contributed by atoms with E-state index in [-0.39, 0.29) is 24.1 Å². The molecule has 1 amide bonds. The highest BCUT2D eigenvalue weighted by molar-refractivity contribution is 5.69. The van der Waals surface area contributed by atoms with Gasteiger partial charge in [-0.3, -0.25) is 0 Å². The molecule has 2 aliphatic rings. The molecule has 5 heteroatoms. The molecule has 2 fully saturated rings. The van der Waals surface area contributed by atoms with Gasteiger partial charge in [0.25, 0.3) is 0 Å². The van der Waals surface area contributed by atoms with Gasteiger partial charge >= 0.3 is 6.09 Å². The van der Waals surface area contributed by atoms with Gasteiger partial charge in [-0.15, -0.1) is 0 Å². The van der Waals surface area contributed by atoms with Crippen molar-refractivity contribution in [3.8, 4) is 0 Å². The van der Waals surface area contributed by atoms with E-state index in [1.807, 2.05) is 20.8 Å². The third-order valence-corrected chi connectivity index (χ3v) is 3.08. The largest absolute Gasteiger partial charge is 0.444 e. The van der Waals surface area contributed by atoms with Crippen LogP contribution in [0.5, 0.6) is 0 Å². The summed E-state index contributed by atoms with van der Waals surface area (Å²) in [6.07, 6.45) is -0.277. The van der Waals surface area contributed by atoms with Crippen molar-refractivity contribution < 1.29 is 14.3 Å². The van der Waals surface area contributed by atoms with Crippen LogP contribution in [0.3, 0.4) is 0 Å². The molecule has 0 aromatic heterocycles. The molecule has 3 atom stereocenters. The highest BCUT2D eigenvalue weighted by Gasteiger charge is 2.46. The van der Waals surface area contributed by atoms with Crippen LogP contribution in [0, 0.1) is 5.92 Å². The summed E-state index contributed by atoms with van der Waals surface area (Å²) < 4.78 is 10.7. The Kier molecular flexibility index (Phi) is 2.84. The molecule has 5 nitrogen and oxygen atoms in total. The third-order valence-electron chi connectivity index (χ3n) is 3.08. The minimum absolute atomic E-state index is 0.0139.